The van der Waals surface area contributed by atoms with Crippen LogP contribution in [0.5, 0.6) is 0 Å². The fraction of sp³-hybridized carbons (Fsp3) is 0.174. The van der Waals surface area contributed by atoms with Crippen molar-refractivity contribution in [3.05, 3.63) is 83.4 Å². The monoisotopic (exact) mass is 487 g/mol. The molecule has 3 aromatic rings. The fourth-order valence-corrected chi connectivity index (χ4v) is 4.51. The molecule has 2 N–H and O–H groups in total. The van der Waals surface area contributed by atoms with Crippen LogP contribution in [0.15, 0.2) is 71.6 Å². The Bertz CT molecular complexity index is 1380. The zero-order valence-corrected chi connectivity index (χ0v) is 20.3. The number of hydrogen-bond donors (Lipinski definition) is 2. The van der Waals surface area contributed by atoms with Gasteiger partial charge < -0.3 is 5.32 Å². The molecule has 174 valence electrons. The van der Waals surface area contributed by atoms with Crippen LogP contribution in [0.3, 0.4) is 0 Å². The van der Waals surface area contributed by atoms with E-state index in [-0.39, 0.29) is 4.90 Å². The van der Waals surface area contributed by atoms with Crippen molar-refractivity contribution in [2.24, 2.45) is 0 Å². The lowest BCUT2D eigenvalue weighted by atomic mass is 10.1. The van der Waals surface area contributed by atoms with Crippen molar-refractivity contribution in [2.75, 3.05) is 27.6 Å². The zero-order valence-electron chi connectivity index (χ0n) is 18.7. The Kier molecular flexibility index (Phi) is 6.80. The lowest BCUT2D eigenvalue weighted by molar-refractivity contribution is 0.102. The number of sulfonamides is 2. The topological polar surface area (TPSA) is 113 Å². The molecule has 10 heteroatoms. The number of nitrogens with one attached hydrogen (secondary N) is 2. The van der Waals surface area contributed by atoms with E-state index < -0.39 is 26.0 Å². The molecule has 8 nitrogen and oxygen atoms in total. The van der Waals surface area contributed by atoms with Crippen LogP contribution in [0, 0.1) is 13.8 Å². The van der Waals surface area contributed by atoms with E-state index in [1.807, 2.05) is 19.9 Å². The van der Waals surface area contributed by atoms with Crippen molar-refractivity contribution in [2.45, 2.75) is 18.7 Å². The fourth-order valence-electron chi connectivity index (χ4n) is 2.95. The summed E-state index contributed by atoms with van der Waals surface area (Å²) in [5.74, 6) is -0.410. The molecular formula is C23H25N3O5S2. The Morgan fingerprint density at radius 2 is 1.36 bits per heavy atom. The number of hydrogen-bond acceptors (Lipinski definition) is 5. The molecule has 0 aromatic heterocycles. The molecule has 3 rings (SSSR count). The minimum absolute atomic E-state index is 0.0619. The quantitative estimate of drug-likeness (QED) is 0.527. The first-order valence-electron chi connectivity index (χ1n) is 9.92. The Labute approximate surface area is 194 Å². The molecule has 0 spiro atoms. The van der Waals surface area contributed by atoms with Crippen LogP contribution in [0.1, 0.15) is 21.5 Å². The molecule has 0 aliphatic carbocycles. The first kappa shape index (κ1) is 24.3. The van der Waals surface area contributed by atoms with Gasteiger partial charge in [0.1, 0.15) is 0 Å². The summed E-state index contributed by atoms with van der Waals surface area (Å²) in [6, 6.07) is 17.2. The van der Waals surface area contributed by atoms with Crippen molar-refractivity contribution in [1.29, 1.82) is 0 Å². The van der Waals surface area contributed by atoms with E-state index in [4.69, 9.17) is 0 Å². The standard InChI is InChI=1S/C23H25N3O5S2/c1-16-5-8-20(15-17(16)2)25-33(30,31)22-13-9-19(10-14-22)24-23(27)18-6-11-21(12-7-18)26(3)32(4,28)29/h5-15,25H,1-4H3,(H,24,27). The van der Waals surface area contributed by atoms with Gasteiger partial charge in [0, 0.05) is 24.0 Å². The van der Waals surface area contributed by atoms with Crippen molar-refractivity contribution in [3.8, 4) is 0 Å². The normalized spacial score (nSPS) is 11.6. The third-order valence-corrected chi connectivity index (χ3v) is 7.78. The van der Waals surface area contributed by atoms with Gasteiger partial charge in [0.2, 0.25) is 10.0 Å². The summed E-state index contributed by atoms with van der Waals surface area (Å²) in [6.07, 6.45) is 1.09. The third kappa shape index (κ3) is 5.91. The van der Waals surface area contributed by atoms with Gasteiger partial charge in [-0.25, -0.2) is 16.8 Å². The van der Waals surface area contributed by atoms with Gasteiger partial charge in [0.15, 0.2) is 0 Å². The lowest BCUT2D eigenvalue weighted by Crippen LogP contribution is -2.24. The zero-order chi connectivity index (χ0) is 24.4. The molecule has 0 saturated carbocycles. The molecule has 0 unspecified atom stereocenters. The van der Waals surface area contributed by atoms with E-state index in [1.165, 1.54) is 55.6 Å². The number of amides is 1. The van der Waals surface area contributed by atoms with Crippen LogP contribution in [-0.2, 0) is 20.0 Å². The number of aryl methyl sites for hydroxylation is 2. The van der Waals surface area contributed by atoms with Gasteiger partial charge in [0.25, 0.3) is 15.9 Å². The summed E-state index contributed by atoms with van der Waals surface area (Å²) in [5, 5.41) is 2.69. The second kappa shape index (κ2) is 9.24. The molecule has 0 aliphatic rings. The van der Waals surface area contributed by atoms with Crippen molar-refractivity contribution < 1.29 is 21.6 Å². The molecule has 0 fully saturated rings. The van der Waals surface area contributed by atoms with E-state index in [0.29, 0.717) is 22.6 Å². The minimum Gasteiger partial charge on any atom is -0.322 e. The predicted molar refractivity (Wildman–Crippen MR) is 131 cm³/mol. The predicted octanol–water partition coefficient (Wildman–Crippen LogP) is 3.75. The number of carbonyl (C=O) groups excluding carboxylic acids is 1. The molecule has 0 saturated heterocycles. The van der Waals surface area contributed by atoms with Crippen molar-refractivity contribution in [3.63, 3.8) is 0 Å². The highest BCUT2D eigenvalue weighted by molar-refractivity contribution is 7.92. The van der Waals surface area contributed by atoms with Crippen LogP contribution in [0.2, 0.25) is 0 Å². The second-order valence-electron chi connectivity index (χ2n) is 7.66. The van der Waals surface area contributed by atoms with Crippen molar-refractivity contribution >= 4 is 43.0 Å². The van der Waals surface area contributed by atoms with Gasteiger partial charge in [-0.3, -0.25) is 13.8 Å². The average Bonchev–Trinajstić information content (AvgIpc) is 2.75. The van der Waals surface area contributed by atoms with E-state index in [9.17, 15) is 21.6 Å². The smallest absolute Gasteiger partial charge is 0.261 e. The van der Waals surface area contributed by atoms with Gasteiger partial charge in [-0.2, -0.15) is 0 Å². The molecular weight excluding hydrogens is 462 g/mol. The number of carbonyl (C=O) groups is 1. The number of nitrogens with zero attached hydrogens (tertiary/aromatic N) is 1. The first-order chi connectivity index (χ1) is 15.4. The summed E-state index contributed by atoms with van der Waals surface area (Å²) >= 11 is 0. The summed E-state index contributed by atoms with van der Waals surface area (Å²) in [5.41, 5.74) is 3.69. The van der Waals surface area contributed by atoms with Crippen LogP contribution >= 0.6 is 0 Å². The van der Waals surface area contributed by atoms with Gasteiger partial charge in [-0.05, 0) is 85.6 Å². The maximum absolute atomic E-state index is 12.7. The third-order valence-electron chi connectivity index (χ3n) is 5.17. The maximum Gasteiger partial charge on any atom is 0.261 e. The van der Waals surface area contributed by atoms with Crippen LogP contribution in [0.25, 0.3) is 0 Å². The number of anilines is 3. The maximum atomic E-state index is 12.7. The first-order valence-corrected chi connectivity index (χ1v) is 13.3. The summed E-state index contributed by atoms with van der Waals surface area (Å²) in [4.78, 5) is 12.6. The Morgan fingerprint density at radius 3 is 1.91 bits per heavy atom. The van der Waals surface area contributed by atoms with Gasteiger partial charge in [0.05, 0.1) is 16.8 Å². The molecule has 3 aromatic carbocycles. The lowest BCUT2D eigenvalue weighted by Gasteiger charge is -2.16. The molecule has 0 bridgehead atoms. The van der Waals surface area contributed by atoms with Crippen LogP contribution in [-0.4, -0.2) is 36.0 Å². The number of benzene rings is 3. The summed E-state index contributed by atoms with van der Waals surface area (Å²) < 4.78 is 52.2. The molecule has 0 aliphatic heterocycles. The largest absolute Gasteiger partial charge is 0.322 e. The van der Waals surface area contributed by atoms with E-state index in [0.717, 1.165) is 21.7 Å². The highest BCUT2D eigenvalue weighted by atomic mass is 32.2. The van der Waals surface area contributed by atoms with Gasteiger partial charge in [-0.15, -0.1) is 0 Å². The van der Waals surface area contributed by atoms with E-state index >= 15 is 0 Å². The van der Waals surface area contributed by atoms with Gasteiger partial charge >= 0.3 is 0 Å². The van der Waals surface area contributed by atoms with Crippen LogP contribution < -0.4 is 14.3 Å². The average molecular weight is 488 g/mol. The Morgan fingerprint density at radius 1 is 0.788 bits per heavy atom. The molecule has 1 amide bonds. The summed E-state index contributed by atoms with van der Waals surface area (Å²) in [7, 11) is -5.76. The highest BCUT2D eigenvalue weighted by Gasteiger charge is 2.16. The molecule has 0 heterocycles. The van der Waals surface area contributed by atoms with Gasteiger partial charge in [-0.1, -0.05) is 6.07 Å². The minimum atomic E-state index is -3.78. The van der Waals surface area contributed by atoms with Crippen LogP contribution in [0.4, 0.5) is 17.1 Å². The highest BCUT2D eigenvalue weighted by Crippen LogP contribution is 2.21. The SMILES string of the molecule is Cc1ccc(NS(=O)(=O)c2ccc(NC(=O)c3ccc(N(C)S(C)(=O)=O)cc3)cc2)cc1C. The van der Waals surface area contributed by atoms with E-state index in [1.54, 1.807) is 12.1 Å². The molecule has 0 atom stereocenters. The molecule has 0 radical (unpaired) electrons. The number of rotatable bonds is 7. The molecule has 33 heavy (non-hydrogen) atoms. The summed E-state index contributed by atoms with van der Waals surface area (Å²) in [6.45, 7) is 3.85. The Hall–Kier alpha value is -3.37. The second-order valence-corrected chi connectivity index (χ2v) is 11.4. The van der Waals surface area contributed by atoms with Crippen molar-refractivity contribution in [1.82, 2.24) is 0 Å². The van der Waals surface area contributed by atoms with E-state index in [2.05, 4.69) is 10.0 Å². The Balaban J connectivity index is 1.69.